The van der Waals surface area contributed by atoms with Crippen LogP contribution in [0, 0.1) is 0 Å². The van der Waals surface area contributed by atoms with E-state index >= 15 is 0 Å². The molecule has 1 fully saturated rings. The maximum Gasteiger partial charge on any atom is 0.416 e. The quantitative estimate of drug-likeness (QED) is 0.856. The fourth-order valence-electron chi connectivity index (χ4n) is 3.38. The number of piperidine rings is 1. The molecule has 2 aliphatic rings. The van der Waals surface area contributed by atoms with Gasteiger partial charge in [0.1, 0.15) is 0 Å². The van der Waals surface area contributed by atoms with Crippen LogP contribution in [0.2, 0.25) is 0 Å². The topological polar surface area (TPSA) is 61.4 Å². The van der Waals surface area contributed by atoms with Crippen LogP contribution < -0.4 is 10.6 Å². The molecule has 8 heteroatoms. The second kappa shape index (κ2) is 6.93. The molecule has 0 radical (unpaired) electrons. The highest BCUT2D eigenvalue weighted by Gasteiger charge is 2.36. The molecule has 2 N–H and O–H groups in total. The van der Waals surface area contributed by atoms with Crippen LogP contribution in [0.25, 0.3) is 0 Å². The number of rotatable bonds is 2. The predicted molar refractivity (Wildman–Crippen MR) is 84.7 cm³/mol. The van der Waals surface area contributed by atoms with Crippen molar-refractivity contribution in [2.24, 2.45) is 0 Å². The van der Waals surface area contributed by atoms with Crippen molar-refractivity contribution in [3.8, 4) is 0 Å². The maximum atomic E-state index is 13.2. The molecule has 2 heterocycles. The van der Waals surface area contributed by atoms with Crippen LogP contribution in [0.5, 0.6) is 0 Å². The molecule has 3 amide bonds. The number of carbonyl (C=O) groups excluding carboxylic acids is 2. The fourth-order valence-corrected chi connectivity index (χ4v) is 3.38. The number of halogens is 3. The molecule has 0 bridgehead atoms. The van der Waals surface area contributed by atoms with Gasteiger partial charge in [0, 0.05) is 32.1 Å². The number of nitrogens with one attached hydrogen (secondary N) is 2. The lowest BCUT2D eigenvalue weighted by atomic mass is 9.94. The van der Waals surface area contributed by atoms with Gasteiger partial charge in [-0.1, -0.05) is 12.1 Å². The summed E-state index contributed by atoms with van der Waals surface area (Å²) in [6.07, 6.45) is -1.98. The van der Waals surface area contributed by atoms with Crippen LogP contribution in [0.1, 0.15) is 36.0 Å². The minimum Gasteiger partial charge on any atom is -0.352 e. The van der Waals surface area contributed by atoms with E-state index in [1.165, 1.54) is 11.0 Å². The third kappa shape index (κ3) is 4.05. The molecule has 25 heavy (non-hydrogen) atoms. The number of hydrogen-bond donors (Lipinski definition) is 2. The largest absolute Gasteiger partial charge is 0.416 e. The van der Waals surface area contributed by atoms with E-state index in [4.69, 9.17) is 0 Å². The summed E-state index contributed by atoms with van der Waals surface area (Å²) in [4.78, 5) is 25.1. The summed E-state index contributed by atoms with van der Waals surface area (Å²) < 4.78 is 39.5. The second-order valence-corrected chi connectivity index (χ2v) is 6.46. The van der Waals surface area contributed by atoms with Gasteiger partial charge in [-0.3, -0.25) is 4.79 Å². The molecular formula is C17H20F3N3O2. The van der Waals surface area contributed by atoms with Crippen molar-refractivity contribution in [1.82, 2.24) is 15.5 Å². The van der Waals surface area contributed by atoms with E-state index in [0.717, 1.165) is 18.9 Å². The third-order valence-electron chi connectivity index (χ3n) is 4.69. The van der Waals surface area contributed by atoms with Gasteiger partial charge in [0.05, 0.1) is 5.56 Å². The van der Waals surface area contributed by atoms with Crippen molar-refractivity contribution in [3.05, 3.63) is 34.9 Å². The normalized spacial score (nSPS) is 20.7. The Hall–Kier alpha value is -2.25. The third-order valence-corrected chi connectivity index (χ3v) is 4.69. The van der Waals surface area contributed by atoms with Crippen LogP contribution in [-0.2, 0) is 23.9 Å². The maximum absolute atomic E-state index is 13.2. The SMILES string of the molecule is O=C1CCC[C@H](CNC(=O)N2CCc3cccc(C(F)(F)F)c3C2)N1. The van der Waals surface area contributed by atoms with E-state index in [1.807, 2.05) is 0 Å². The van der Waals surface area contributed by atoms with Crippen LogP contribution in [0.4, 0.5) is 18.0 Å². The Labute approximate surface area is 143 Å². The Morgan fingerprint density at radius 3 is 2.84 bits per heavy atom. The molecule has 0 aromatic heterocycles. The van der Waals surface area contributed by atoms with Gasteiger partial charge in [-0.15, -0.1) is 0 Å². The first-order valence-corrected chi connectivity index (χ1v) is 8.34. The summed E-state index contributed by atoms with van der Waals surface area (Å²) in [6, 6.07) is 3.62. The molecule has 0 aliphatic carbocycles. The van der Waals surface area contributed by atoms with Gasteiger partial charge in [-0.05, 0) is 36.5 Å². The lowest BCUT2D eigenvalue weighted by Gasteiger charge is -2.31. The Morgan fingerprint density at radius 1 is 1.32 bits per heavy atom. The molecule has 1 aromatic carbocycles. The number of amides is 3. The van der Waals surface area contributed by atoms with E-state index in [2.05, 4.69) is 10.6 Å². The molecule has 1 aromatic rings. The number of benzene rings is 1. The molecule has 1 saturated heterocycles. The minimum absolute atomic E-state index is 0.0350. The van der Waals surface area contributed by atoms with E-state index < -0.39 is 17.8 Å². The molecular weight excluding hydrogens is 335 g/mol. The Morgan fingerprint density at radius 2 is 2.12 bits per heavy atom. The van der Waals surface area contributed by atoms with Crippen molar-refractivity contribution < 1.29 is 22.8 Å². The smallest absolute Gasteiger partial charge is 0.352 e. The zero-order valence-electron chi connectivity index (χ0n) is 13.7. The molecule has 1 atom stereocenters. The monoisotopic (exact) mass is 355 g/mol. The lowest BCUT2D eigenvalue weighted by Crippen LogP contribution is -2.50. The van der Waals surface area contributed by atoms with Gasteiger partial charge in [0.25, 0.3) is 0 Å². The summed E-state index contributed by atoms with van der Waals surface area (Å²) in [7, 11) is 0. The van der Waals surface area contributed by atoms with Gasteiger partial charge in [-0.25, -0.2) is 4.79 Å². The van der Waals surface area contributed by atoms with Crippen LogP contribution in [-0.4, -0.2) is 36.0 Å². The number of fused-ring (bicyclic) bond motifs is 1. The molecule has 2 aliphatic heterocycles. The zero-order chi connectivity index (χ0) is 18.0. The van der Waals surface area contributed by atoms with Crippen molar-refractivity contribution in [3.63, 3.8) is 0 Å². The Balaban J connectivity index is 1.64. The average molecular weight is 355 g/mol. The van der Waals surface area contributed by atoms with Gasteiger partial charge in [0.15, 0.2) is 0 Å². The highest BCUT2D eigenvalue weighted by molar-refractivity contribution is 5.77. The number of nitrogens with zero attached hydrogens (tertiary/aromatic N) is 1. The van der Waals surface area contributed by atoms with E-state index in [1.54, 1.807) is 6.07 Å². The van der Waals surface area contributed by atoms with E-state index in [0.29, 0.717) is 24.9 Å². The number of hydrogen-bond acceptors (Lipinski definition) is 2. The lowest BCUT2D eigenvalue weighted by molar-refractivity contribution is -0.138. The number of alkyl halides is 3. The van der Waals surface area contributed by atoms with Crippen molar-refractivity contribution in [2.75, 3.05) is 13.1 Å². The first kappa shape index (κ1) is 17.6. The zero-order valence-corrected chi connectivity index (χ0v) is 13.7. The highest BCUT2D eigenvalue weighted by atomic mass is 19.4. The summed E-state index contributed by atoms with van der Waals surface area (Å²) in [5, 5.41) is 5.52. The van der Waals surface area contributed by atoms with Crippen molar-refractivity contribution in [2.45, 2.75) is 44.4 Å². The minimum atomic E-state index is -4.43. The highest BCUT2D eigenvalue weighted by Crippen LogP contribution is 2.35. The van der Waals surface area contributed by atoms with Gasteiger partial charge >= 0.3 is 12.2 Å². The molecule has 5 nitrogen and oxygen atoms in total. The Kier molecular flexibility index (Phi) is 4.87. The summed E-state index contributed by atoms with van der Waals surface area (Å²) in [5.41, 5.74) is 0.128. The Bertz CT molecular complexity index is 676. The average Bonchev–Trinajstić information content (AvgIpc) is 2.58. The summed E-state index contributed by atoms with van der Waals surface area (Å²) >= 11 is 0. The molecule has 3 rings (SSSR count). The van der Waals surface area contributed by atoms with Crippen molar-refractivity contribution in [1.29, 1.82) is 0 Å². The van der Waals surface area contributed by atoms with E-state index in [9.17, 15) is 22.8 Å². The number of urea groups is 1. The van der Waals surface area contributed by atoms with Gasteiger partial charge in [-0.2, -0.15) is 13.2 Å². The van der Waals surface area contributed by atoms with E-state index in [-0.39, 0.29) is 30.6 Å². The van der Waals surface area contributed by atoms with Gasteiger partial charge < -0.3 is 15.5 Å². The molecule has 0 unspecified atom stereocenters. The molecule has 136 valence electrons. The summed E-state index contributed by atoms with van der Waals surface area (Å²) in [5.74, 6) is -0.0350. The molecule has 0 spiro atoms. The summed E-state index contributed by atoms with van der Waals surface area (Å²) in [6.45, 7) is 0.597. The fraction of sp³-hybridized carbons (Fsp3) is 0.529. The van der Waals surface area contributed by atoms with Crippen LogP contribution in [0.3, 0.4) is 0 Å². The predicted octanol–water partition coefficient (Wildman–Crippen LogP) is 2.44. The number of carbonyl (C=O) groups is 2. The first-order valence-electron chi connectivity index (χ1n) is 8.34. The van der Waals surface area contributed by atoms with Crippen molar-refractivity contribution >= 4 is 11.9 Å². The van der Waals surface area contributed by atoms with Crippen LogP contribution >= 0.6 is 0 Å². The molecule has 0 saturated carbocycles. The standard InChI is InChI=1S/C17H20F3N3O2/c18-17(19,20)14-5-1-3-11-7-8-23(10-13(11)14)16(25)21-9-12-4-2-6-15(24)22-12/h1,3,5,12H,2,4,6-10H2,(H,21,25)(H,22,24)/t12-/m1/s1. The first-order chi connectivity index (χ1) is 11.8. The second-order valence-electron chi connectivity index (χ2n) is 6.46. The van der Waals surface area contributed by atoms with Crippen LogP contribution in [0.15, 0.2) is 18.2 Å². The van der Waals surface area contributed by atoms with Gasteiger partial charge in [0.2, 0.25) is 5.91 Å².